The van der Waals surface area contributed by atoms with Crippen molar-refractivity contribution in [1.29, 1.82) is 0 Å². The summed E-state index contributed by atoms with van der Waals surface area (Å²) in [5.41, 5.74) is 0.586. The standard InChI is InChI=1S/C12H17N3O3/c1-7-9(8(2)15-14-7)10(16)13-12(11(17)18)5-3-4-6-12/h3-6H2,1-2H3,(H,13,16)(H,14,15)(H,17,18). The maximum Gasteiger partial charge on any atom is 0.329 e. The molecule has 2 rings (SSSR count). The SMILES string of the molecule is Cc1n[nH]c(C)c1C(=O)NC1(C(=O)O)CCCC1. The Kier molecular flexibility index (Phi) is 3.11. The third kappa shape index (κ3) is 1.98. The molecule has 98 valence electrons. The maximum atomic E-state index is 12.2. The Bertz CT molecular complexity index is 467. The molecule has 1 aliphatic carbocycles. The highest BCUT2D eigenvalue weighted by molar-refractivity contribution is 5.99. The minimum atomic E-state index is -1.10. The Morgan fingerprint density at radius 3 is 2.39 bits per heavy atom. The molecule has 0 aliphatic heterocycles. The van der Waals surface area contributed by atoms with E-state index in [1.807, 2.05) is 0 Å². The van der Waals surface area contributed by atoms with Gasteiger partial charge in [-0.2, -0.15) is 5.10 Å². The van der Waals surface area contributed by atoms with Gasteiger partial charge in [-0.05, 0) is 26.7 Å². The average molecular weight is 251 g/mol. The molecule has 18 heavy (non-hydrogen) atoms. The van der Waals surface area contributed by atoms with Gasteiger partial charge < -0.3 is 10.4 Å². The van der Waals surface area contributed by atoms with E-state index in [1.54, 1.807) is 13.8 Å². The lowest BCUT2D eigenvalue weighted by atomic mass is 9.97. The first-order valence-corrected chi connectivity index (χ1v) is 6.04. The normalized spacial score (nSPS) is 17.7. The molecule has 0 radical (unpaired) electrons. The third-order valence-electron chi connectivity index (χ3n) is 3.57. The molecule has 1 aromatic rings. The smallest absolute Gasteiger partial charge is 0.329 e. The van der Waals surface area contributed by atoms with Crippen LogP contribution in [-0.2, 0) is 4.79 Å². The summed E-state index contributed by atoms with van der Waals surface area (Å²) in [7, 11) is 0. The monoisotopic (exact) mass is 251 g/mol. The van der Waals surface area contributed by atoms with Crippen LogP contribution < -0.4 is 5.32 Å². The highest BCUT2D eigenvalue weighted by atomic mass is 16.4. The zero-order chi connectivity index (χ0) is 13.3. The molecular formula is C12H17N3O3. The first kappa shape index (κ1) is 12.6. The van der Waals surface area contributed by atoms with Crippen LogP contribution in [0.4, 0.5) is 0 Å². The fourth-order valence-electron chi connectivity index (χ4n) is 2.54. The van der Waals surface area contributed by atoms with E-state index in [2.05, 4.69) is 15.5 Å². The lowest BCUT2D eigenvalue weighted by Crippen LogP contribution is -2.52. The molecule has 6 nitrogen and oxygen atoms in total. The molecule has 1 heterocycles. The molecule has 1 amide bonds. The van der Waals surface area contributed by atoms with Gasteiger partial charge in [0.05, 0.1) is 11.3 Å². The third-order valence-corrected chi connectivity index (χ3v) is 3.57. The van der Waals surface area contributed by atoms with Gasteiger partial charge in [0.2, 0.25) is 0 Å². The molecule has 1 aromatic heterocycles. The number of nitrogens with zero attached hydrogens (tertiary/aromatic N) is 1. The number of hydrogen-bond acceptors (Lipinski definition) is 3. The highest BCUT2D eigenvalue weighted by Crippen LogP contribution is 2.30. The fraction of sp³-hybridized carbons (Fsp3) is 0.583. The summed E-state index contributed by atoms with van der Waals surface area (Å²) in [5.74, 6) is -1.31. The second-order valence-corrected chi connectivity index (χ2v) is 4.86. The summed E-state index contributed by atoms with van der Waals surface area (Å²) in [6, 6.07) is 0. The predicted octanol–water partition coefficient (Wildman–Crippen LogP) is 1.15. The second kappa shape index (κ2) is 4.44. The number of aromatic amines is 1. The Hall–Kier alpha value is -1.85. The van der Waals surface area contributed by atoms with Gasteiger partial charge in [-0.3, -0.25) is 9.89 Å². The Morgan fingerprint density at radius 2 is 1.94 bits per heavy atom. The van der Waals surface area contributed by atoms with E-state index < -0.39 is 11.5 Å². The molecule has 0 spiro atoms. The van der Waals surface area contributed by atoms with E-state index >= 15 is 0 Å². The van der Waals surface area contributed by atoms with E-state index in [0.29, 0.717) is 29.8 Å². The number of amides is 1. The largest absolute Gasteiger partial charge is 0.480 e. The van der Waals surface area contributed by atoms with E-state index in [0.717, 1.165) is 12.8 Å². The number of H-pyrrole nitrogens is 1. The van der Waals surface area contributed by atoms with Crippen molar-refractivity contribution in [1.82, 2.24) is 15.5 Å². The van der Waals surface area contributed by atoms with Gasteiger partial charge in [-0.25, -0.2) is 4.79 Å². The number of carbonyl (C=O) groups is 2. The van der Waals surface area contributed by atoms with Crippen LogP contribution in [0.5, 0.6) is 0 Å². The number of hydrogen-bond donors (Lipinski definition) is 3. The van der Waals surface area contributed by atoms with E-state index in [4.69, 9.17) is 0 Å². The number of aliphatic carboxylic acids is 1. The Balaban J connectivity index is 2.23. The second-order valence-electron chi connectivity index (χ2n) is 4.86. The summed E-state index contributed by atoms with van der Waals surface area (Å²) in [4.78, 5) is 23.5. The number of carboxylic acid groups (broad SMARTS) is 1. The van der Waals surface area contributed by atoms with Crippen molar-refractivity contribution in [3.63, 3.8) is 0 Å². The van der Waals surface area contributed by atoms with Gasteiger partial charge in [0.15, 0.2) is 0 Å². The number of carbonyl (C=O) groups excluding carboxylic acids is 1. The van der Waals surface area contributed by atoms with Gasteiger partial charge in [0.1, 0.15) is 5.54 Å². The van der Waals surface area contributed by atoms with Crippen molar-refractivity contribution in [3.8, 4) is 0 Å². The van der Waals surface area contributed by atoms with E-state index in [-0.39, 0.29) is 5.91 Å². The molecule has 0 saturated heterocycles. The summed E-state index contributed by atoms with van der Waals surface area (Å²) in [5, 5.41) is 18.7. The number of aromatic nitrogens is 2. The lowest BCUT2D eigenvalue weighted by molar-refractivity contribution is -0.144. The first-order valence-electron chi connectivity index (χ1n) is 6.04. The first-order chi connectivity index (χ1) is 8.46. The fourth-order valence-corrected chi connectivity index (χ4v) is 2.54. The van der Waals surface area contributed by atoms with Crippen LogP contribution >= 0.6 is 0 Å². The topological polar surface area (TPSA) is 95.1 Å². The van der Waals surface area contributed by atoms with E-state index in [9.17, 15) is 14.7 Å². The van der Waals surface area contributed by atoms with Gasteiger partial charge in [-0.15, -0.1) is 0 Å². The Labute approximate surface area is 105 Å². The molecule has 3 N–H and O–H groups in total. The highest BCUT2D eigenvalue weighted by Gasteiger charge is 2.43. The summed E-state index contributed by atoms with van der Waals surface area (Å²) >= 11 is 0. The zero-order valence-corrected chi connectivity index (χ0v) is 10.5. The lowest BCUT2D eigenvalue weighted by Gasteiger charge is -2.25. The molecule has 0 aromatic carbocycles. The molecule has 1 aliphatic rings. The molecule has 1 saturated carbocycles. The van der Waals surface area contributed by atoms with Crippen molar-refractivity contribution in [3.05, 3.63) is 17.0 Å². The van der Waals surface area contributed by atoms with Crippen LogP contribution in [0.15, 0.2) is 0 Å². The van der Waals surface area contributed by atoms with E-state index in [1.165, 1.54) is 0 Å². The Morgan fingerprint density at radius 1 is 1.33 bits per heavy atom. The van der Waals surface area contributed by atoms with Crippen molar-refractivity contribution < 1.29 is 14.7 Å². The number of rotatable bonds is 3. The van der Waals surface area contributed by atoms with Crippen LogP contribution in [0.3, 0.4) is 0 Å². The number of carboxylic acids is 1. The maximum absolute atomic E-state index is 12.2. The molecular weight excluding hydrogens is 234 g/mol. The van der Waals surface area contributed by atoms with Crippen LogP contribution in [0, 0.1) is 13.8 Å². The van der Waals surface area contributed by atoms with Crippen LogP contribution in [0.2, 0.25) is 0 Å². The minimum Gasteiger partial charge on any atom is -0.480 e. The van der Waals surface area contributed by atoms with Crippen molar-refractivity contribution in [2.75, 3.05) is 0 Å². The molecule has 0 atom stereocenters. The van der Waals surface area contributed by atoms with Crippen LogP contribution in [0.25, 0.3) is 0 Å². The van der Waals surface area contributed by atoms with Crippen molar-refractivity contribution in [2.24, 2.45) is 0 Å². The minimum absolute atomic E-state index is 0.358. The van der Waals surface area contributed by atoms with Gasteiger partial charge in [0, 0.05) is 5.69 Å². The number of nitrogens with one attached hydrogen (secondary N) is 2. The predicted molar refractivity (Wildman–Crippen MR) is 64.4 cm³/mol. The van der Waals surface area contributed by atoms with Gasteiger partial charge in [-0.1, -0.05) is 12.8 Å². The summed E-state index contributed by atoms with van der Waals surface area (Å²) in [6.45, 7) is 3.47. The molecule has 6 heteroatoms. The molecule has 1 fully saturated rings. The van der Waals surface area contributed by atoms with Crippen molar-refractivity contribution in [2.45, 2.75) is 45.1 Å². The van der Waals surface area contributed by atoms with Gasteiger partial charge >= 0.3 is 5.97 Å². The number of aryl methyl sites for hydroxylation is 2. The van der Waals surface area contributed by atoms with Crippen molar-refractivity contribution >= 4 is 11.9 Å². The van der Waals surface area contributed by atoms with Gasteiger partial charge in [0.25, 0.3) is 5.91 Å². The zero-order valence-electron chi connectivity index (χ0n) is 10.5. The molecule has 0 bridgehead atoms. The van der Waals surface area contributed by atoms with Crippen LogP contribution in [0.1, 0.15) is 47.4 Å². The molecule has 0 unspecified atom stereocenters. The average Bonchev–Trinajstić information content (AvgIpc) is 2.87. The summed E-state index contributed by atoms with van der Waals surface area (Å²) < 4.78 is 0. The van der Waals surface area contributed by atoms with Crippen LogP contribution in [-0.4, -0.2) is 32.7 Å². The summed E-state index contributed by atoms with van der Waals surface area (Å²) in [6.07, 6.45) is 2.64. The quantitative estimate of drug-likeness (QED) is 0.751.